The van der Waals surface area contributed by atoms with Gasteiger partial charge in [0.05, 0.1) is 23.7 Å². The number of hydrogen-bond acceptors (Lipinski definition) is 5. The number of aromatic nitrogens is 2. The van der Waals surface area contributed by atoms with Gasteiger partial charge >= 0.3 is 5.97 Å². The van der Waals surface area contributed by atoms with E-state index >= 15 is 0 Å². The van der Waals surface area contributed by atoms with E-state index in [1.54, 1.807) is 0 Å². The molecule has 0 radical (unpaired) electrons. The highest BCUT2D eigenvalue weighted by Gasteiger charge is 2.29. The molecule has 0 saturated carbocycles. The molecule has 1 fully saturated rings. The number of benzene rings is 1. The number of halogens is 1. The predicted octanol–water partition coefficient (Wildman–Crippen LogP) is 5.46. The Morgan fingerprint density at radius 3 is 2.55 bits per heavy atom. The second kappa shape index (κ2) is 9.57. The first kappa shape index (κ1) is 21.6. The van der Waals surface area contributed by atoms with Crippen molar-refractivity contribution >= 4 is 23.5 Å². The normalized spacial score (nSPS) is 15.3. The van der Waals surface area contributed by atoms with Gasteiger partial charge < -0.3 is 9.64 Å². The zero-order valence-electron chi connectivity index (χ0n) is 17.8. The van der Waals surface area contributed by atoms with Gasteiger partial charge in [0.1, 0.15) is 0 Å². The van der Waals surface area contributed by atoms with E-state index in [0.717, 1.165) is 66.4 Å². The summed E-state index contributed by atoms with van der Waals surface area (Å²) in [6.45, 7) is 7.94. The van der Waals surface area contributed by atoms with Crippen LogP contribution in [0, 0.1) is 13.8 Å². The number of piperidine rings is 1. The van der Waals surface area contributed by atoms with Crippen LogP contribution in [0.2, 0.25) is 5.02 Å². The molecule has 1 aliphatic rings. The molecule has 0 spiro atoms. The SMILES string of the molecule is CCCC(C(=O)OC)c1c(C)nc(N2CCCCC2)nc1-c1ccc(C)cc1Cl. The van der Waals surface area contributed by atoms with Gasteiger partial charge in [-0.3, -0.25) is 4.79 Å². The number of rotatable bonds is 6. The molecule has 3 rings (SSSR count). The lowest BCUT2D eigenvalue weighted by molar-refractivity contribution is -0.142. The molecule has 1 aliphatic heterocycles. The van der Waals surface area contributed by atoms with Gasteiger partial charge in [-0.2, -0.15) is 0 Å². The number of carbonyl (C=O) groups is 1. The van der Waals surface area contributed by atoms with Gasteiger partial charge in [0.25, 0.3) is 0 Å². The maximum atomic E-state index is 12.6. The summed E-state index contributed by atoms with van der Waals surface area (Å²) in [6, 6.07) is 5.95. The fraction of sp³-hybridized carbons (Fsp3) is 0.522. The van der Waals surface area contributed by atoms with Gasteiger partial charge in [-0.05, 0) is 51.2 Å². The van der Waals surface area contributed by atoms with E-state index in [9.17, 15) is 4.79 Å². The minimum Gasteiger partial charge on any atom is -0.469 e. The van der Waals surface area contributed by atoms with Crippen molar-refractivity contribution in [2.24, 2.45) is 0 Å². The molecule has 5 nitrogen and oxygen atoms in total. The van der Waals surface area contributed by atoms with Crippen molar-refractivity contribution in [1.82, 2.24) is 9.97 Å². The molecule has 0 amide bonds. The summed E-state index contributed by atoms with van der Waals surface area (Å²) in [4.78, 5) is 24.7. The van der Waals surface area contributed by atoms with Crippen molar-refractivity contribution in [3.05, 3.63) is 40.0 Å². The van der Waals surface area contributed by atoms with Crippen LogP contribution in [0.1, 0.15) is 61.8 Å². The molecular weight excluding hydrogens is 386 g/mol. The van der Waals surface area contributed by atoms with Crippen molar-refractivity contribution in [1.29, 1.82) is 0 Å². The first-order valence-corrected chi connectivity index (χ1v) is 10.8. The topological polar surface area (TPSA) is 55.3 Å². The predicted molar refractivity (Wildman–Crippen MR) is 118 cm³/mol. The zero-order chi connectivity index (χ0) is 21.0. The minimum absolute atomic E-state index is 0.256. The number of esters is 1. The molecule has 2 heterocycles. The molecular formula is C23H30ClN3O2. The van der Waals surface area contributed by atoms with Gasteiger partial charge in [-0.1, -0.05) is 37.1 Å². The van der Waals surface area contributed by atoms with Crippen LogP contribution in [0.3, 0.4) is 0 Å². The number of carbonyl (C=O) groups excluding carboxylic acids is 1. The van der Waals surface area contributed by atoms with E-state index in [1.807, 2.05) is 32.0 Å². The van der Waals surface area contributed by atoms with E-state index in [1.165, 1.54) is 13.5 Å². The van der Waals surface area contributed by atoms with Crippen molar-refractivity contribution < 1.29 is 9.53 Å². The largest absolute Gasteiger partial charge is 0.469 e. The Bertz CT molecular complexity index is 879. The van der Waals surface area contributed by atoms with Gasteiger partial charge in [-0.25, -0.2) is 9.97 Å². The summed E-state index contributed by atoms with van der Waals surface area (Å²) in [7, 11) is 1.43. The molecule has 0 aliphatic carbocycles. The fourth-order valence-corrected chi connectivity index (χ4v) is 4.37. The molecule has 0 bridgehead atoms. The first-order valence-electron chi connectivity index (χ1n) is 10.4. The molecule has 1 aromatic carbocycles. The van der Waals surface area contributed by atoms with Gasteiger partial charge in [0.2, 0.25) is 5.95 Å². The van der Waals surface area contributed by atoms with E-state index in [2.05, 4.69) is 11.8 Å². The zero-order valence-corrected chi connectivity index (χ0v) is 18.6. The Morgan fingerprint density at radius 1 is 1.21 bits per heavy atom. The lowest BCUT2D eigenvalue weighted by Crippen LogP contribution is -2.31. The summed E-state index contributed by atoms with van der Waals surface area (Å²) in [5.41, 5.74) is 4.30. The van der Waals surface area contributed by atoms with Crippen LogP contribution in [-0.4, -0.2) is 36.1 Å². The molecule has 156 valence electrons. The van der Waals surface area contributed by atoms with Crippen LogP contribution < -0.4 is 4.90 Å². The lowest BCUT2D eigenvalue weighted by atomic mass is 9.89. The molecule has 6 heteroatoms. The van der Waals surface area contributed by atoms with Crippen LogP contribution in [0.25, 0.3) is 11.3 Å². The van der Waals surface area contributed by atoms with Crippen molar-refractivity contribution in [2.75, 3.05) is 25.1 Å². The maximum absolute atomic E-state index is 12.6. The maximum Gasteiger partial charge on any atom is 0.313 e. The number of nitrogens with zero attached hydrogens (tertiary/aromatic N) is 3. The van der Waals surface area contributed by atoms with E-state index < -0.39 is 5.92 Å². The summed E-state index contributed by atoms with van der Waals surface area (Å²) < 4.78 is 5.12. The Labute approximate surface area is 178 Å². The average molecular weight is 416 g/mol. The second-order valence-electron chi connectivity index (χ2n) is 7.77. The van der Waals surface area contributed by atoms with E-state index in [0.29, 0.717) is 11.4 Å². The highest BCUT2D eigenvalue weighted by molar-refractivity contribution is 6.33. The lowest BCUT2D eigenvalue weighted by Gasteiger charge is -2.29. The van der Waals surface area contributed by atoms with Crippen LogP contribution in [-0.2, 0) is 9.53 Å². The third-order valence-electron chi connectivity index (χ3n) is 5.55. The van der Waals surface area contributed by atoms with Crippen molar-refractivity contribution in [2.45, 2.75) is 58.8 Å². The quantitative estimate of drug-likeness (QED) is 0.586. The fourth-order valence-electron chi connectivity index (χ4n) is 4.05. The van der Waals surface area contributed by atoms with Crippen molar-refractivity contribution in [3.63, 3.8) is 0 Å². The monoisotopic (exact) mass is 415 g/mol. The van der Waals surface area contributed by atoms with Crippen LogP contribution in [0.15, 0.2) is 18.2 Å². The van der Waals surface area contributed by atoms with Crippen LogP contribution >= 0.6 is 11.6 Å². The first-order chi connectivity index (χ1) is 14.0. The molecule has 1 atom stereocenters. The third-order valence-corrected chi connectivity index (χ3v) is 5.87. The Kier molecular flexibility index (Phi) is 7.12. The van der Waals surface area contributed by atoms with Crippen LogP contribution in [0.4, 0.5) is 5.95 Å². The molecule has 1 unspecified atom stereocenters. The number of aryl methyl sites for hydroxylation is 2. The van der Waals surface area contributed by atoms with Gasteiger partial charge in [-0.15, -0.1) is 0 Å². The summed E-state index contributed by atoms with van der Waals surface area (Å²) in [5.74, 6) is 0.0549. The van der Waals surface area contributed by atoms with E-state index in [-0.39, 0.29) is 5.97 Å². The third kappa shape index (κ3) is 4.72. The number of hydrogen-bond donors (Lipinski definition) is 0. The molecule has 0 N–H and O–H groups in total. The van der Waals surface area contributed by atoms with Gasteiger partial charge in [0.15, 0.2) is 0 Å². The summed E-state index contributed by atoms with van der Waals surface area (Å²) in [5, 5.41) is 0.633. The minimum atomic E-state index is -0.409. The number of ether oxygens (including phenoxy) is 1. The Hall–Kier alpha value is -2.14. The highest BCUT2D eigenvalue weighted by Crippen LogP contribution is 2.38. The molecule has 2 aromatic rings. The Morgan fingerprint density at radius 2 is 1.93 bits per heavy atom. The average Bonchev–Trinajstić information content (AvgIpc) is 2.72. The summed E-state index contributed by atoms with van der Waals surface area (Å²) >= 11 is 6.63. The number of methoxy groups -OCH3 is 1. The summed E-state index contributed by atoms with van der Waals surface area (Å²) in [6.07, 6.45) is 5.06. The van der Waals surface area contributed by atoms with Gasteiger partial charge in [0, 0.05) is 29.9 Å². The van der Waals surface area contributed by atoms with Crippen molar-refractivity contribution in [3.8, 4) is 11.3 Å². The number of anilines is 1. The molecule has 1 saturated heterocycles. The smallest absolute Gasteiger partial charge is 0.313 e. The highest BCUT2D eigenvalue weighted by atomic mass is 35.5. The standard InChI is InChI=1S/C23H30ClN3O2/c1-5-9-18(22(28)29-4)20-16(3)25-23(27-12-7-6-8-13-27)26-21(20)17-11-10-15(2)14-19(17)24/h10-11,14,18H,5-9,12-13H2,1-4H3. The second-order valence-corrected chi connectivity index (χ2v) is 8.17. The Balaban J connectivity index is 2.21. The van der Waals surface area contributed by atoms with E-state index in [4.69, 9.17) is 26.3 Å². The molecule has 29 heavy (non-hydrogen) atoms. The molecule has 1 aromatic heterocycles. The van der Waals surface area contributed by atoms with Crippen LogP contribution in [0.5, 0.6) is 0 Å².